The zero-order chi connectivity index (χ0) is 19.0. The van der Waals surface area contributed by atoms with Gasteiger partial charge in [-0.2, -0.15) is 0 Å². The van der Waals surface area contributed by atoms with E-state index in [9.17, 15) is 9.59 Å². The molecule has 24 heavy (non-hydrogen) atoms. The molecule has 9 heteroatoms. The van der Waals surface area contributed by atoms with Crippen molar-refractivity contribution < 1.29 is 14.3 Å². The first-order chi connectivity index (χ1) is 10.8. The van der Waals surface area contributed by atoms with Crippen LogP contribution in [0.2, 0.25) is 6.32 Å². The van der Waals surface area contributed by atoms with E-state index < -0.39 is 17.8 Å². The molecule has 8 nitrogen and oxygen atoms in total. The number of amides is 2. The molecular weight excluding hydrogens is 309 g/mol. The van der Waals surface area contributed by atoms with Crippen molar-refractivity contribution in [2.75, 3.05) is 6.61 Å². The number of ether oxygens (including phenoxy) is 1. The Morgan fingerprint density at radius 2 is 1.79 bits per heavy atom. The van der Waals surface area contributed by atoms with E-state index in [1.165, 1.54) is 14.3 Å². The van der Waals surface area contributed by atoms with Crippen molar-refractivity contribution in [1.29, 1.82) is 0 Å². The van der Waals surface area contributed by atoms with Gasteiger partial charge in [-0.25, -0.2) is 5.43 Å². The average Bonchev–Trinajstić information content (AvgIpc) is 2.42. The number of hydrogen-bond donors (Lipinski definition) is 5. The summed E-state index contributed by atoms with van der Waals surface area (Å²) < 4.78 is 5.80. The van der Waals surface area contributed by atoms with Gasteiger partial charge in [0.2, 0.25) is 0 Å². The Morgan fingerprint density at radius 3 is 2.29 bits per heavy atom. The summed E-state index contributed by atoms with van der Waals surface area (Å²) in [5.74, 6) is -0.123. The van der Waals surface area contributed by atoms with Crippen LogP contribution in [-0.4, -0.2) is 49.2 Å². The quantitative estimate of drug-likeness (QED) is 0.209. The highest BCUT2D eigenvalue weighted by Gasteiger charge is 2.26. The van der Waals surface area contributed by atoms with Crippen molar-refractivity contribution >= 4 is 19.2 Å². The summed E-state index contributed by atoms with van der Waals surface area (Å²) in [7, 11) is 1.47. The number of ketones is 1. The standard InChI is InChI=1S/C15H33BN5O3/c1-10(2)20-21-14(4,5)9-24-15(6,7)18-13(23)19-16-8-12(17)11(3)22/h10,12,20-21H,8-9,17H2,1-7H3,(H2,18,19,23). The van der Waals surface area contributed by atoms with Crippen LogP contribution in [-0.2, 0) is 9.53 Å². The van der Waals surface area contributed by atoms with Gasteiger partial charge in [0.25, 0.3) is 7.41 Å². The number of rotatable bonds is 11. The zero-order valence-electron chi connectivity index (χ0n) is 15.9. The molecule has 0 aliphatic heterocycles. The first-order valence-corrected chi connectivity index (χ1v) is 8.18. The van der Waals surface area contributed by atoms with Crippen LogP contribution in [0.4, 0.5) is 4.79 Å². The van der Waals surface area contributed by atoms with E-state index in [2.05, 4.69) is 21.4 Å². The SMILES string of the molecule is CC(=O)C(N)C[B]NC(=O)NC(C)(C)OCC(C)(C)NNC(C)C. The number of hydrogen-bond acceptors (Lipinski definition) is 6. The van der Waals surface area contributed by atoms with Crippen LogP contribution in [0.1, 0.15) is 48.5 Å². The molecule has 0 fully saturated rings. The maximum absolute atomic E-state index is 11.9. The van der Waals surface area contributed by atoms with Gasteiger partial charge in [-0.3, -0.25) is 15.0 Å². The van der Waals surface area contributed by atoms with E-state index in [0.29, 0.717) is 12.6 Å². The predicted octanol–water partition coefficient (Wildman–Crippen LogP) is 0.273. The van der Waals surface area contributed by atoms with E-state index in [-0.39, 0.29) is 17.6 Å². The van der Waals surface area contributed by atoms with Gasteiger partial charge in [-0.05, 0) is 54.8 Å². The van der Waals surface area contributed by atoms with Crippen molar-refractivity contribution in [1.82, 2.24) is 21.4 Å². The first-order valence-electron chi connectivity index (χ1n) is 8.18. The molecule has 2 amide bonds. The number of nitrogens with two attached hydrogens (primary N) is 1. The molecule has 1 atom stereocenters. The van der Waals surface area contributed by atoms with Crippen LogP contribution in [0.15, 0.2) is 0 Å². The highest BCUT2D eigenvalue weighted by atomic mass is 16.5. The number of hydrazine groups is 1. The Hall–Kier alpha value is -1.16. The summed E-state index contributed by atoms with van der Waals surface area (Å²) in [4.78, 5) is 22.9. The van der Waals surface area contributed by atoms with E-state index in [1.54, 1.807) is 13.8 Å². The number of nitrogens with one attached hydrogen (secondary N) is 4. The van der Waals surface area contributed by atoms with Crippen LogP contribution >= 0.6 is 0 Å². The van der Waals surface area contributed by atoms with Crippen molar-refractivity contribution in [3.63, 3.8) is 0 Å². The third-order valence-electron chi connectivity index (χ3n) is 3.03. The summed E-state index contributed by atoms with van der Waals surface area (Å²) in [6.45, 7) is 13.4. The second-order valence-corrected chi connectivity index (χ2v) is 7.36. The van der Waals surface area contributed by atoms with Gasteiger partial charge in [0.15, 0.2) is 0 Å². The molecule has 0 saturated carbocycles. The summed E-state index contributed by atoms with van der Waals surface area (Å²) in [6, 6.07) is -0.713. The molecule has 6 N–H and O–H groups in total. The molecule has 0 aromatic carbocycles. The van der Waals surface area contributed by atoms with Gasteiger partial charge in [0.05, 0.1) is 18.2 Å². The van der Waals surface area contributed by atoms with Crippen LogP contribution in [0.3, 0.4) is 0 Å². The van der Waals surface area contributed by atoms with Gasteiger partial charge in [-0.15, -0.1) is 0 Å². The molecule has 1 radical (unpaired) electrons. The lowest BCUT2D eigenvalue weighted by molar-refractivity contribution is -0.117. The van der Waals surface area contributed by atoms with Crippen molar-refractivity contribution in [2.45, 2.75) is 78.1 Å². The molecule has 0 heterocycles. The fourth-order valence-electron chi connectivity index (χ4n) is 1.53. The summed E-state index contributed by atoms with van der Waals surface area (Å²) in [5, 5.41) is 5.27. The molecule has 0 aromatic heterocycles. The highest BCUT2D eigenvalue weighted by molar-refractivity contribution is 6.37. The maximum atomic E-state index is 11.9. The van der Waals surface area contributed by atoms with Crippen molar-refractivity contribution in [3.05, 3.63) is 0 Å². The van der Waals surface area contributed by atoms with Crippen LogP contribution < -0.4 is 27.1 Å². The summed E-state index contributed by atoms with van der Waals surface area (Å²) in [5.41, 5.74) is 10.8. The third kappa shape index (κ3) is 11.4. The van der Waals surface area contributed by atoms with E-state index >= 15 is 0 Å². The maximum Gasteiger partial charge on any atom is 0.304 e. The molecular formula is C15H33BN5O3. The second kappa shape index (κ2) is 9.98. The van der Waals surface area contributed by atoms with E-state index in [4.69, 9.17) is 10.5 Å². The largest absolute Gasteiger partial charge is 0.386 e. The monoisotopic (exact) mass is 342 g/mol. The Labute approximate surface area is 146 Å². The number of carbonyl (C=O) groups is 2. The lowest BCUT2D eigenvalue weighted by Crippen LogP contribution is -2.57. The Bertz CT molecular complexity index is 416. The second-order valence-electron chi connectivity index (χ2n) is 7.36. The lowest BCUT2D eigenvalue weighted by Gasteiger charge is -2.33. The van der Waals surface area contributed by atoms with Gasteiger partial charge < -0.3 is 21.0 Å². The molecule has 0 saturated heterocycles. The van der Waals surface area contributed by atoms with Crippen LogP contribution in [0, 0.1) is 0 Å². The third-order valence-corrected chi connectivity index (χ3v) is 3.03. The van der Waals surface area contributed by atoms with Crippen LogP contribution in [0.25, 0.3) is 0 Å². The van der Waals surface area contributed by atoms with E-state index in [1.807, 2.05) is 27.7 Å². The fourth-order valence-corrected chi connectivity index (χ4v) is 1.53. The molecule has 0 bridgehead atoms. The normalized spacial score (nSPS) is 13.5. The van der Waals surface area contributed by atoms with Gasteiger partial charge in [0.1, 0.15) is 11.5 Å². The lowest BCUT2D eigenvalue weighted by atomic mass is 9.83. The molecule has 0 aliphatic carbocycles. The van der Waals surface area contributed by atoms with Gasteiger partial charge >= 0.3 is 6.03 Å². The zero-order valence-corrected chi connectivity index (χ0v) is 15.9. The molecule has 0 spiro atoms. The van der Waals surface area contributed by atoms with Gasteiger partial charge in [0, 0.05) is 6.04 Å². The summed E-state index contributed by atoms with van der Waals surface area (Å²) in [6.07, 6.45) is 0.280. The fraction of sp³-hybridized carbons (Fsp3) is 0.867. The summed E-state index contributed by atoms with van der Waals surface area (Å²) >= 11 is 0. The molecule has 1 unspecified atom stereocenters. The van der Waals surface area contributed by atoms with Gasteiger partial charge in [-0.1, -0.05) is 0 Å². The van der Waals surface area contributed by atoms with Crippen molar-refractivity contribution in [3.8, 4) is 0 Å². The Morgan fingerprint density at radius 1 is 1.21 bits per heavy atom. The number of carbonyl (C=O) groups excluding carboxylic acids is 2. The topological polar surface area (TPSA) is 118 Å². The first kappa shape index (κ1) is 22.8. The van der Waals surface area contributed by atoms with E-state index in [0.717, 1.165) is 0 Å². The van der Waals surface area contributed by atoms with Crippen molar-refractivity contribution in [2.24, 2.45) is 5.73 Å². The minimum absolute atomic E-state index is 0.123. The Balaban J connectivity index is 4.19. The highest BCUT2D eigenvalue weighted by Crippen LogP contribution is 2.10. The number of urea groups is 1. The minimum atomic E-state index is -0.850. The average molecular weight is 342 g/mol. The smallest absolute Gasteiger partial charge is 0.304 e. The Kier molecular flexibility index (Phi) is 9.50. The molecule has 0 aliphatic rings. The molecule has 139 valence electrons. The van der Waals surface area contributed by atoms with Crippen LogP contribution in [0.5, 0.6) is 0 Å². The molecule has 0 aromatic rings. The predicted molar refractivity (Wildman–Crippen MR) is 96.4 cm³/mol. The minimum Gasteiger partial charge on any atom is -0.386 e. The molecule has 0 rings (SSSR count). The number of Topliss-reactive ketones (excluding diaryl/α,β-unsaturated/α-hetero) is 1.